The Labute approximate surface area is 217 Å². The standard InChI is InChI=1S/C23H18BrIN2O5S/c1-3-9-32-21-17(24)10-14(11-18(21)31-4-2)12-19-22(29)27(23(30)33-19)13-20(28)26-16-7-5-15(25)6-8-16/h1,5-8,10-12H,4,9,13H2,2H3,(H,26,28)/b19-12-. The van der Waals surface area contributed by atoms with Crippen LogP contribution in [-0.4, -0.2) is 41.7 Å². The number of hydrogen-bond donors (Lipinski definition) is 1. The maximum absolute atomic E-state index is 12.8. The largest absolute Gasteiger partial charge is 0.490 e. The highest BCUT2D eigenvalue weighted by Gasteiger charge is 2.36. The van der Waals surface area contributed by atoms with E-state index in [1.165, 1.54) is 0 Å². The number of benzene rings is 2. The fourth-order valence-electron chi connectivity index (χ4n) is 2.85. The molecular weight excluding hydrogens is 623 g/mol. The number of carbonyl (C=O) groups excluding carboxylic acids is 3. The molecule has 3 amide bonds. The molecule has 7 nitrogen and oxygen atoms in total. The average Bonchev–Trinajstić information content (AvgIpc) is 3.02. The Bertz CT molecular complexity index is 1160. The first-order valence-corrected chi connectivity index (χ1v) is 12.3. The molecule has 2 aromatic carbocycles. The van der Waals surface area contributed by atoms with E-state index in [-0.39, 0.29) is 18.1 Å². The van der Waals surface area contributed by atoms with Crippen molar-refractivity contribution in [3.05, 3.63) is 54.9 Å². The molecule has 0 bridgehead atoms. The Kier molecular flexibility index (Phi) is 8.82. The molecule has 2 aromatic rings. The number of nitrogens with one attached hydrogen (secondary N) is 1. The number of carbonyl (C=O) groups is 3. The van der Waals surface area contributed by atoms with E-state index in [4.69, 9.17) is 15.9 Å². The van der Waals surface area contributed by atoms with Gasteiger partial charge in [0.05, 0.1) is 16.0 Å². The molecule has 0 aliphatic carbocycles. The minimum absolute atomic E-state index is 0.0706. The monoisotopic (exact) mass is 640 g/mol. The van der Waals surface area contributed by atoms with Gasteiger partial charge < -0.3 is 14.8 Å². The maximum Gasteiger partial charge on any atom is 0.294 e. The quantitative estimate of drug-likeness (QED) is 0.244. The van der Waals surface area contributed by atoms with E-state index < -0.39 is 17.1 Å². The summed E-state index contributed by atoms with van der Waals surface area (Å²) in [6.45, 7) is 1.93. The van der Waals surface area contributed by atoms with Gasteiger partial charge in [-0.25, -0.2) is 0 Å². The van der Waals surface area contributed by atoms with Crippen molar-refractivity contribution in [2.75, 3.05) is 25.1 Å². The first kappa shape index (κ1) is 25.1. The third kappa shape index (κ3) is 6.52. The van der Waals surface area contributed by atoms with Gasteiger partial charge in [0.1, 0.15) is 13.2 Å². The SMILES string of the molecule is C#CCOc1c(Br)cc(/C=C2\SC(=O)N(CC(=O)Nc3ccc(I)cc3)C2=O)cc1OCC. The second-order valence-corrected chi connectivity index (χ2v) is 9.67. The molecule has 0 radical (unpaired) electrons. The van der Waals surface area contributed by atoms with Gasteiger partial charge in [0.2, 0.25) is 5.91 Å². The summed E-state index contributed by atoms with van der Waals surface area (Å²) in [5.41, 5.74) is 1.20. The van der Waals surface area contributed by atoms with Crippen molar-refractivity contribution >= 4 is 79.1 Å². The molecule has 0 aromatic heterocycles. The van der Waals surface area contributed by atoms with E-state index in [1.807, 2.05) is 19.1 Å². The van der Waals surface area contributed by atoms with Crippen LogP contribution in [0.15, 0.2) is 45.8 Å². The predicted octanol–water partition coefficient (Wildman–Crippen LogP) is 5.14. The third-order valence-electron chi connectivity index (χ3n) is 4.23. The van der Waals surface area contributed by atoms with Gasteiger partial charge in [-0.2, -0.15) is 0 Å². The van der Waals surface area contributed by atoms with Gasteiger partial charge >= 0.3 is 0 Å². The lowest BCUT2D eigenvalue weighted by molar-refractivity contribution is -0.127. The van der Waals surface area contributed by atoms with Gasteiger partial charge in [0, 0.05) is 9.26 Å². The average molecular weight is 641 g/mol. The van der Waals surface area contributed by atoms with E-state index in [0.29, 0.717) is 33.8 Å². The van der Waals surface area contributed by atoms with Crippen molar-refractivity contribution in [1.29, 1.82) is 0 Å². The first-order chi connectivity index (χ1) is 15.8. The minimum atomic E-state index is -0.537. The number of rotatable bonds is 8. The molecule has 1 aliphatic heterocycles. The molecule has 0 unspecified atom stereocenters. The number of amides is 3. The molecule has 1 fully saturated rings. The number of terminal acetylenes is 1. The van der Waals surface area contributed by atoms with Crippen LogP contribution in [0, 0.1) is 15.9 Å². The van der Waals surface area contributed by atoms with E-state index in [9.17, 15) is 14.4 Å². The minimum Gasteiger partial charge on any atom is -0.490 e. The van der Waals surface area contributed by atoms with Gasteiger partial charge in [0.25, 0.3) is 11.1 Å². The van der Waals surface area contributed by atoms with Crippen LogP contribution < -0.4 is 14.8 Å². The fourth-order valence-corrected chi connectivity index (χ4v) is 4.63. The van der Waals surface area contributed by atoms with Gasteiger partial charge in [0.15, 0.2) is 11.5 Å². The molecule has 170 valence electrons. The molecule has 1 N–H and O–H groups in total. The second-order valence-electron chi connectivity index (χ2n) is 6.58. The zero-order valence-corrected chi connectivity index (χ0v) is 22.0. The van der Waals surface area contributed by atoms with E-state index in [2.05, 4.69) is 49.8 Å². The van der Waals surface area contributed by atoms with Crippen molar-refractivity contribution in [1.82, 2.24) is 4.90 Å². The lowest BCUT2D eigenvalue weighted by atomic mass is 10.2. The Morgan fingerprint density at radius 3 is 2.67 bits per heavy atom. The number of ether oxygens (including phenoxy) is 2. The van der Waals surface area contributed by atoms with Crippen molar-refractivity contribution in [2.45, 2.75) is 6.92 Å². The summed E-state index contributed by atoms with van der Waals surface area (Å²) in [6, 6.07) is 10.6. The molecule has 1 heterocycles. The molecule has 33 heavy (non-hydrogen) atoms. The Balaban J connectivity index is 1.76. The zero-order valence-electron chi connectivity index (χ0n) is 17.4. The van der Waals surface area contributed by atoms with E-state index in [0.717, 1.165) is 20.2 Å². The Morgan fingerprint density at radius 2 is 2.00 bits per heavy atom. The molecule has 10 heteroatoms. The van der Waals surface area contributed by atoms with Gasteiger partial charge in [-0.05, 0) is 105 Å². The number of thioether (sulfide) groups is 1. The summed E-state index contributed by atoms with van der Waals surface area (Å²) in [7, 11) is 0. The number of hydrogen-bond acceptors (Lipinski definition) is 6. The maximum atomic E-state index is 12.8. The number of anilines is 1. The highest BCUT2D eigenvalue weighted by molar-refractivity contribution is 14.1. The van der Waals surface area contributed by atoms with Crippen LogP contribution in [0.3, 0.4) is 0 Å². The van der Waals surface area contributed by atoms with Crippen molar-refractivity contribution < 1.29 is 23.9 Å². The van der Waals surface area contributed by atoms with Crippen LogP contribution in [0.25, 0.3) is 6.08 Å². The van der Waals surface area contributed by atoms with Crippen LogP contribution in [0.5, 0.6) is 11.5 Å². The molecule has 1 saturated heterocycles. The number of halogens is 2. The first-order valence-electron chi connectivity index (χ1n) is 9.65. The summed E-state index contributed by atoms with van der Waals surface area (Å²) in [4.78, 5) is 38.7. The molecule has 1 aliphatic rings. The highest BCUT2D eigenvalue weighted by atomic mass is 127. The lowest BCUT2D eigenvalue weighted by Crippen LogP contribution is -2.36. The predicted molar refractivity (Wildman–Crippen MR) is 140 cm³/mol. The summed E-state index contributed by atoms with van der Waals surface area (Å²) in [5.74, 6) is 2.30. The summed E-state index contributed by atoms with van der Waals surface area (Å²) in [6.07, 6.45) is 6.84. The molecule has 3 rings (SSSR count). The lowest BCUT2D eigenvalue weighted by Gasteiger charge is -2.13. The fraction of sp³-hybridized carbons (Fsp3) is 0.174. The van der Waals surface area contributed by atoms with Crippen LogP contribution in [-0.2, 0) is 9.59 Å². The van der Waals surface area contributed by atoms with Gasteiger partial charge in [-0.3, -0.25) is 19.3 Å². The number of imide groups is 1. The highest BCUT2D eigenvalue weighted by Crippen LogP contribution is 2.39. The summed E-state index contributed by atoms with van der Waals surface area (Å²) >= 11 is 6.36. The van der Waals surface area contributed by atoms with Crippen molar-refractivity contribution in [3.8, 4) is 23.8 Å². The van der Waals surface area contributed by atoms with Crippen LogP contribution in [0.2, 0.25) is 0 Å². The van der Waals surface area contributed by atoms with Gasteiger partial charge in [-0.15, -0.1) is 6.42 Å². The molecule has 0 atom stereocenters. The normalized spacial score (nSPS) is 14.4. The molecule has 0 saturated carbocycles. The molecular formula is C23H18BrIN2O5S. The summed E-state index contributed by atoms with van der Waals surface area (Å²) in [5, 5.41) is 2.17. The number of nitrogens with zero attached hydrogens (tertiary/aromatic N) is 1. The van der Waals surface area contributed by atoms with Gasteiger partial charge in [-0.1, -0.05) is 5.92 Å². The topological polar surface area (TPSA) is 84.9 Å². The van der Waals surface area contributed by atoms with E-state index >= 15 is 0 Å². The third-order valence-corrected chi connectivity index (χ3v) is 6.45. The molecule has 0 spiro atoms. The summed E-state index contributed by atoms with van der Waals surface area (Å²) < 4.78 is 12.8. The smallest absolute Gasteiger partial charge is 0.294 e. The van der Waals surface area contributed by atoms with Crippen LogP contribution in [0.1, 0.15) is 12.5 Å². The van der Waals surface area contributed by atoms with Crippen molar-refractivity contribution in [2.24, 2.45) is 0 Å². The van der Waals surface area contributed by atoms with Crippen LogP contribution in [0.4, 0.5) is 10.5 Å². The van der Waals surface area contributed by atoms with Crippen LogP contribution >= 0.6 is 50.3 Å². The van der Waals surface area contributed by atoms with E-state index in [1.54, 1.807) is 30.3 Å². The second kappa shape index (κ2) is 11.6. The Hall–Kier alpha value is -2.49. The van der Waals surface area contributed by atoms with Crippen molar-refractivity contribution in [3.63, 3.8) is 0 Å². The Morgan fingerprint density at radius 1 is 1.27 bits per heavy atom. The zero-order chi connectivity index (χ0) is 24.0.